The van der Waals surface area contributed by atoms with Gasteiger partial charge in [0.2, 0.25) is 11.1 Å². The number of Topliss-reactive ketones (excluding diaryl/α,β-unsaturated/α-hetero) is 1. The van der Waals surface area contributed by atoms with E-state index in [2.05, 4.69) is 31.1 Å². The van der Waals surface area contributed by atoms with Gasteiger partial charge in [-0.1, -0.05) is 23.1 Å². The first-order valence-electron chi connectivity index (χ1n) is 8.38. The van der Waals surface area contributed by atoms with Crippen molar-refractivity contribution in [1.29, 1.82) is 0 Å². The van der Waals surface area contributed by atoms with E-state index >= 15 is 0 Å². The van der Waals surface area contributed by atoms with Gasteiger partial charge in [-0.3, -0.25) is 19.7 Å². The zero-order valence-corrected chi connectivity index (χ0v) is 17.4. The van der Waals surface area contributed by atoms with E-state index in [1.54, 1.807) is 38.2 Å². The number of hydrogen-bond acceptors (Lipinski definition) is 9. The minimum absolute atomic E-state index is 0.0887. The maximum absolute atomic E-state index is 12.4. The molecule has 2 amide bonds. The number of benzene rings is 1. The topological polar surface area (TPSA) is 132 Å². The number of aryl methyl sites for hydroxylation is 2. The molecule has 150 valence electrons. The van der Waals surface area contributed by atoms with Crippen molar-refractivity contribution in [2.24, 2.45) is 7.05 Å². The molecule has 1 aromatic carbocycles. The van der Waals surface area contributed by atoms with Gasteiger partial charge in [-0.2, -0.15) is 0 Å². The maximum Gasteiger partial charge on any atom is 0.257 e. The van der Waals surface area contributed by atoms with Gasteiger partial charge in [0.15, 0.2) is 10.9 Å². The first-order chi connectivity index (χ1) is 13.8. The number of thioether (sulfide) groups is 1. The van der Waals surface area contributed by atoms with E-state index in [4.69, 9.17) is 0 Å². The predicted molar refractivity (Wildman–Crippen MR) is 109 cm³/mol. The lowest BCUT2D eigenvalue weighted by Crippen LogP contribution is -2.15. The van der Waals surface area contributed by atoms with Crippen molar-refractivity contribution >= 4 is 51.5 Å². The molecule has 3 rings (SSSR count). The summed E-state index contributed by atoms with van der Waals surface area (Å²) in [6.45, 7) is 3.18. The molecule has 0 fully saturated rings. The molecule has 12 heteroatoms. The number of thiazole rings is 1. The summed E-state index contributed by atoms with van der Waals surface area (Å²) in [6, 6.07) is 6.46. The van der Waals surface area contributed by atoms with E-state index in [1.807, 2.05) is 0 Å². The number of amides is 2. The first-order valence-corrected chi connectivity index (χ1v) is 10.2. The molecule has 0 saturated carbocycles. The average molecular weight is 432 g/mol. The molecule has 0 spiro atoms. The van der Waals surface area contributed by atoms with E-state index in [0.717, 1.165) is 11.3 Å². The molecule has 0 atom stereocenters. The van der Waals surface area contributed by atoms with Gasteiger partial charge in [0.1, 0.15) is 0 Å². The highest BCUT2D eigenvalue weighted by atomic mass is 32.2. The molecular weight excluding hydrogens is 414 g/mol. The highest BCUT2D eigenvalue weighted by molar-refractivity contribution is 7.99. The molecule has 0 unspecified atom stereocenters. The number of carbonyl (C=O) groups excluding carboxylic acids is 3. The second-order valence-electron chi connectivity index (χ2n) is 5.94. The van der Waals surface area contributed by atoms with Crippen molar-refractivity contribution < 1.29 is 14.4 Å². The number of aromatic nitrogens is 5. The molecule has 2 N–H and O–H groups in total. The second-order valence-corrected chi connectivity index (χ2v) is 7.88. The lowest BCUT2D eigenvalue weighted by Gasteiger charge is -2.06. The van der Waals surface area contributed by atoms with Crippen LogP contribution in [0.2, 0.25) is 0 Å². The fourth-order valence-corrected chi connectivity index (χ4v) is 3.83. The molecule has 3 aromatic rings. The minimum Gasteiger partial charge on any atom is -0.325 e. The lowest BCUT2D eigenvalue weighted by atomic mass is 10.2. The van der Waals surface area contributed by atoms with Crippen LogP contribution in [0.15, 0.2) is 29.4 Å². The molecule has 0 aliphatic rings. The number of tetrazole rings is 1. The molecule has 2 aromatic heterocycles. The van der Waals surface area contributed by atoms with Crippen molar-refractivity contribution in [2.75, 3.05) is 16.4 Å². The molecule has 0 bridgehead atoms. The summed E-state index contributed by atoms with van der Waals surface area (Å²) < 4.78 is 1.48. The van der Waals surface area contributed by atoms with E-state index in [9.17, 15) is 14.4 Å². The van der Waals surface area contributed by atoms with Gasteiger partial charge >= 0.3 is 0 Å². The molecular formula is C17H17N7O3S2. The van der Waals surface area contributed by atoms with Crippen LogP contribution in [0, 0.1) is 6.92 Å². The second kappa shape index (κ2) is 8.92. The Morgan fingerprint density at radius 3 is 2.48 bits per heavy atom. The maximum atomic E-state index is 12.4. The number of ketones is 1. The van der Waals surface area contributed by atoms with Crippen LogP contribution >= 0.6 is 23.1 Å². The third-order valence-electron chi connectivity index (χ3n) is 3.68. The standard InChI is InChI=1S/C17H17N7O3S2/c1-9-14(10(2)25)29-16(18-9)20-15(27)11-4-6-12(7-5-11)19-13(26)8-28-17-21-22-23-24(17)3/h4-7H,8H2,1-3H3,(H,19,26)(H,18,20,27). The fraction of sp³-hybridized carbons (Fsp3) is 0.235. The van der Waals surface area contributed by atoms with Gasteiger partial charge < -0.3 is 5.32 Å². The summed E-state index contributed by atoms with van der Waals surface area (Å²) in [5.74, 6) is -0.505. The van der Waals surface area contributed by atoms with Crippen LogP contribution in [0.1, 0.15) is 32.6 Å². The van der Waals surface area contributed by atoms with Gasteiger partial charge in [0.05, 0.1) is 16.3 Å². The monoisotopic (exact) mass is 431 g/mol. The summed E-state index contributed by atoms with van der Waals surface area (Å²) in [4.78, 5) is 40.6. The molecule has 0 saturated heterocycles. The Balaban J connectivity index is 1.55. The molecule has 2 heterocycles. The predicted octanol–water partition coefficient (Wildman–Crippen LogP) is 2.16. The largest absolute Gasteiger partial charge is 0.325 e. The Hall–Kier alpha value is -3.12. The van der Waals surface area contributed by atoms with Crippen LogP contribution in [0.5, 0.6) is 0 Å². The van der Waals surface area contributed by atoms with Crippen LogP contribution in [-0.2, 0) is 11.8 Å². The van der Waals surface area contributed by atoms with Gasteiger partial charge in [-0.15, -0.1) is 5.10 Å². The minimum atomic E-state index is -0.350. The smallest absolute Gasteiger partial charge is 0.257 e. The highest BCUT2D eigenvalue weighted by Gasteiger charge is 2.14. The van der Waals surface area contributed by atoms with Crippen LogP contribution in [0.25, 0.3) is 0 Å². The lowest BCUT2D eigenvalue weighted by molar-refractivity contribution is -0.113. The van der Waals surface area contributed by atoms with Crippen LogP contribution in [-0.4, -0.2) is 48.5 Å². The molecule has 29 heavy (non-hydrogen) atoms. The van der Waals surface area contributed by atoms with Gasteiger partial charge in [0, 0.05) is 25.2 Å². The molecule has 10 nitrogen and oxygen atoms in total. The number of anilines is 2. The van der Waals surface area contributed by atoms with E-state index in [-0.39, 0.29) is 23.4 Å². The van der Waals surface area contributed by atoms with E-state index in [0.29, 0.717) is 32.1 Å². The summed E-state index contributed by atoms with van der Waals surface area (Å²) in [5, 5.41) is 17.3. The van der Waals surface area contributed by atoms with Gasteiger partial charge in [-0.25, -0.2) is 9.67 Å². The summed E-state index contributed by atoms with van der Waals surface area (Å²) in [6.07, 6.45) is 0. The fourth-order valence-electron chi connectivity index (χ4n) is 2.32. The van der Waals surface area contributed by atoms with Crippen LogP contribution < -0.4 is 10.6 Å². The van der Waals surface area contributed by atoms with Crippen molar-refractivity contribution in [1.82, 2.24) is 25.2 Å². The number of hydrogen-bond donors (Lipinski definition) is 2. The van der Waals surface area contributed by atoms with E-state index in [1.165, 1.54) is 23.4 Å². The Morgan fingerprint density at radius 1 is 1.17 bits per heavy atom. The Kier molecular flexibility index (Phi) is 6.34. The number of rotatable bonds is 7. The summed E-state index contributed by atoms with van der Waals surface area (Å²) >= 11 is 2.36. The van der Waals surface area contributed by atoms with Crippen molar-refractivity contribution in [3.63, 3.8) is 0 Å². The normalized spacial score (nSPS) is 10.6. The SMILES string of the molecule is CC(=O)c1sc(NC(=O)c2ccc(NC(=O)CSc3nnnn3C)cc2)nc1C. The zero-order valence-electron chi connectivity index (χ0n) is 15.8. The van der Waals surface area contributed by atoms with Crippen LogP contribution in [0.4, 0.5) is 10.8 Å². The molecule has 0 radical (unpaired) electrons. The number of carbonyl (C=O) groups is 3. The third-order valence-corrected chi connectivity index (χ3v) is 5.87. The van der Waals surface area contributed by atoms with Gasteiger partial charge in [-0.05, 0) is 41.6 Å². The number of nitrogens with zero attached hydrogens (tertiary/aromatic N) is 5. The molecule has 0 aliphatic carbocycles. The third kappa shape index (κ3) is 5.23. The van der Waals surface area contributed by atoms with Gasteiger partial charge in [0.25, 0.3) is 5.91 Å². The Labute approximate surface area is 174 Å². The first kappa shape index (κ1) is 20.6. The van der Waals surface area contributed by atoms with E-state index < -0.39 is 0 Å². The number of nitrogens with one attached hydrogen (secondary N) is 2. The summed E-state index contributed by atoms with van der Waals surface area (Å²) in [7, 11) is 1.69. The summed E-state index contributed by atoms with van der Waals surface area (Å²) in [5.41, 5.74) is 1.55. The van der Waals surface area contributed by atoms with Crippen molar-refractivity contribution in [3.8, 4) is 0 Å². The quantitative estimate of drug-likeness (QED) is 0.430. The Bertz CT molecular complexity index is 1060. The van der Waals surface area contributed by atoms with Crippen LogP contribution in [0.3, 0.4) is 0 Å². The Morgan fingerprint density at radius 2 is 1.90 bits per heavy atom. The van der Waals surface area contributed by atoms with Crippen molar-refractivity contribution in [3.05, 3.63) is 40.4 Å². The molecule has 0 aliphatic heterocycles. The average Bonchev–Trinajstić information content (AvgIpc) is 3.25. The zero-order chi connectivity index (χ0) is 21.0. The van der Waals surface area contributed by atoms with Crippen molar-refractivity contribution in [2.45, 2.75) is 19.0 Å². The highest BCUT2D eigenvalue weighted by Crippen LogP contribution is 2.23.